The van der Waals surface area contributed by atoms with Gasteiger partial charge in [0.2, 0.25) is 5.89 Å². The van der Waals surface area contributed by atoms with Crippen molar-refractivity contribution in [1.29, 1.82) is 0 Å². The van der Waals surface area contributed by atoms with Crippen molar-refractivity contribution in [3.8, 4) is 0 Å². The molecule has 0 spiro atoms. The van der Waals surface area contributed by atoms with E-state index in [1.54, 1.807) is 11.8 Å². The Balaban J connectivity index is 2.41. The van der Waals surface area contributed by atoms with Crippen LogP contribution in [0.3, 0.4) is 0 Å². The van der Waals surface area contributed by atoms with Crippen LogP contribution in [0, 0.1) is 0 Å². The summed E-state index contributed by atoms with van der Waals surface area (Å²) in [7, 11) is 0. The summed E-state index contributed by atoms with van der Waals surface area (Å²) in [5.74, 6) is 1.66. The van der Waals surface area contributed by atoms with Gasteiger partial charge in [-0.05, 0) is 19.7 Å². The lowest BCUT2D eigenvalue weighted by Gasteiger charge is -2.05. The molecule has 0 radical (unpaired) electrons. The molecule has 0 bridgehead atoms. The van der Waals surface area contributed by atoms with Gasteiger partial charge in [-0.25, -0.2) is 0 Å². The van der Waals surface area contributed by atoms with Crippen LogP contribution in [0.1, 0.15) is 25.8 Å². The summed E-state index contributed by atoms with van der Waals surface area (Å²) in [6, 6.07) is 0.613. The summed E-state index contributed by atoms with van der Waals surface area (Å²) in [5.41, 5.74) is 0. The maximum absolute atomic E-state index is 5.44. The van der Waals surface area contributed by atoms with Crippen LogP contribution in [0.4, 0.5) is 6.01 Å². The number of rotatable bonds is 7. The van der Waals surface area contributed by atoms with Crippen molar-refractivity contribution < 1.29 is 4.42 Å². The van der Waals surface area contributed by atoms with Crippen LogP contribution in [0.25, 0.3) is 0 Å². The standard InChI is InChI=1S/C9H18N4OS/c1-4-10-7(2)8-12-13-9(14-8)11-5-6-15-3/h7,10H,4-6H2,1-3H3,(H,11,13). The summed E-state index contributed by atoms with van der Waals surface area (Å²) in [5, 5.41) is 14.2. The van der Waals surface area contributed by atoms with Crippen LogP contribution in [0.2, 0.25) is 0 Å². The predicted octanol–water partition coefficient (Wildman–Crippen LogP) is 1.52. The molecule has 0 fully saturated rings. The molecule has 1 unspecified atom stereocenters. The molecule has 0 aliphatic rings. The molecular weight excluding hydrogens is 212 g/mol. The Kier molecular flexibility index (Phi) is 5.49. The summed E-state index contributed by atoms with van der Waals surface area (Å²) < 4.78 is 5.44. The molecule has 0 aliphatic carbocycles. The van der Waals surface area contributed by atoms with Crippen molar-refractivity contribution >= 4 is 17.8 Å². The zero-order valence-electron chi connectivity index (χ0n) is 9.41. The first kappa shape index (κ1) is 12.3. The molecule has 15 heavy (non-hydrogen) atoms. The Morgan fingerprint density at radius 2 is 2.27 bits per heavy atom. The number of thioether (sulfide) groups is 1. The second-order valence-corrected chi connectivity index (χ2v) is 4.13. The molecule has 5 nitrogen and oxygen atoms in total. The van der Waals surface area contributed by atoms with Gasteiger partial charge < -0.3 is 15.1 Å². The first-order valence-electron chi connectivity index (χ1n) is 5.07. The van der Waals surface area contributed by atoms with Gasteiger partial charge in [0.25, 0.3) is 0 Å². The number of hydrogen-bond acceptors (Lipinski definition) is 6. The van der Waals surface area contributed by atoms with Crippen molar-refractivity contribution in [3.05, 3.63) is 5.89 Å². The third kappa shape index (κ3) is 4.09. The molecule has 6 heteroatoms. The molecule has 0 saturated heterocycles. The Morgan fingerprint density at radius 1 is 1.47 bits per heavy atom. The number of nitrogens with zero attached hydrogens (tertiary/aromatic N) is 2. The van der Waals surface area contributed by atoms with Crippen LogP contribution in [0.5, 0.6) is 0 Å². The first-order valence-corrected chi connectivity index (χ1v) is 6.47. The lowest BCUT2D eigenvalue weighted by atomic mass is 10.3. The molecule has 1 aromatic heterocycles. The average molecular weight is 230 g/mol. The Morgan fingerprint density at radius 3 is 2.93 bits per heavy atom. The highest BCUT2D eigenvalue weighted by Gasteiger charge is 2.11. The van der Waals surface area contributed by atoms with Crippen LogP contribution >= 0.6 is 11.8 Å². The molecule has 0 aliphatic heterocycles. The smallest absolute Gasteiger partial charge is 0.315 e. The SMILES string of the molecule is CCNC(C)c1nnc(NCCSC)o1. The van der Waals surface area contributed by atoms with E-state index in [2.05, 4.69) is 27.1 Å². The quantitative estimate of drug-likeness (QED) is 0.692. The van der Waals surface area contributed by atoms with Gasteiger partial charge in [0, 0.05) is 12.3 Å². The number of anilines is 1. The van der Waals surface area contributed by atoms with Gasteiger partial charge in [-0.2, -0.15) is 11.8 Å². The average Bonchev–Trinajstić information content (AvgIpc) is 2.67. The normalized spacial score (nSPS) is 12.7. The van der Waals surface area contributed by atoms with Crippen LogP contribution in [0.15, 0.2) is 4.42 Å². The molecule has 1 rings (SSSR count). The molecule has 0 saturated carbocycles. The van der Waals surface area contributed by atoms with E-state index in [-0.39, 0.29) is 6.04 Å². The van der Waals surface area contributed by atoms with E-state index in [9.17, 15) is 0 Å². The third-order valence-corrected chi connectivity index (χ3v) is 2.52. The maximum Gasteiger partial charge on any atom is 0.315 e. The highest BCUT2D eigenvalue weighted by molar-refractivity contribution is 7.98. The van der Waals surface area contributed by atoms with E-state index in [1.165, 1.54) is 0 Å². The largest absolute Gasteiger partial charge is 0.406 e. The minimum atomic E-state index is 0.110. The summed E-state index contributed by atoms with van der Waals surface area (Å²) in [4.78, 5) is 0. The second kappa shape index (κ2) is 6.68. The van der Waals surface area contributed by atoms with E-state index in [4.69, 9.17) is 4.42 Å². The van der Waals surface area contributed by atoms with Crippen molar-refractivity contribution in [3.63, 3.8) is 0 Å². The van der Waals surface area contributed by atoms with Gasteiger partial charge in [0.05, 0.1) is 6.04 Å². The summed E-state index contributed by atoms with van der Waals surface area (Å²) >= 11 is 1.78. The topological polar surface area (TPSA) is 63.0 Å². The van der Waals surface area contributed by atoms with Crippen molar-refractivity contribution in [2.24, 2.45) is 0 Å². The molecule has 0 aromatic carbocycles. The molecule has 0 amide bonds. The Labute approximate surface area is 94.4 Å². The zero-order valence-corrected chi connectivity index (χ0v) is 10.2. The molecule has 86 valence electrons. The second-order valence-electron chi connectivity index (χ2n) is 3.14. The highest BCUT2D eigenvalue weighted by atomic mass is 32.2. The Bertz CT molecular complexity index is 279. The maximum atomic E-state index is 5.44. The molecule has 2 N–H and O–H groups in total. The predicted molar refractivity (Wildman–Crippen MR) is 63.3 cm³/mol. The highest BCUT2D eigenvalue weighted by Crippen LogP contribution is 2.13. The Hall–Kier alpha value is -0.750. The van der Waals surface area contributed by atoms with Crippen molar-refractivity contribution in [2.45, 2.75) is 19.9 Å². The van der Waals surface area contributed by atoms with Crippen molar-refractivity contribution in [1.82, 2.24) is 15.5 Å². The van der Waals surface area contributed by atoms with Crippen LogP contribution in [-0.4, -0.2) is 35.3 Å². The molecular formula is C9H18N4OS. The van der Waals surface area contributed by atoms with Gasteiger partial charge in [0.15, 0.2) is 0 Å². The van der Waals surface area contributed by atoms with E-state index in [1.807, 2.05) is 13.8 Å². The van der Waals surface area contributed by atoms with Crippen LogP contribution in [-0.2, 0) is 0 Å². The fourth-order valence-corrected chi connectivity index (χ4v) is 1.44. The van der Waals surface area contributed by atoms with Gasteiger partial charge in [0.1, 0.15) is 0 Å². The van der Waals surface area contributed by atoms with Gasteiger partial charge in [-0.1, -0.05) is 12.0 Å². The number of nitrogens with one attached hydrogen (secondary N) is 2. The van der Waals surface area contributed by atoms with Crippen molar-refractivity contribution in [2.75, 3.05) is 30.4 Å². The summed E-state index contributed by atoms with van der Waals surface area (Å²) in [6.07, 6.45) is 2.06. The van der Waals surface area contributed by atoms with E-state index in [0.29, 0.717) is 11.9 Å². The number of hydrogen-bond donors (Lipinski definition) is 2. The minimum absolute atomic E-state index is 0.110. The van der Waals surface area contributed by atoms with E-state index in [0.717, 1.165) is 18.8 Å². The minimum Gasteiger partial charge on any atom is -0.406 e. The van der Waals surface area contributed by atoms with Crippen LogP contribution < -0.4 is 10.6 Å². The fourth-order valence-electron chi connectivity index (χ4n) is 1.13. The third-order valence-electron chi connectivity index (χ3n) is 1.90. The molecule has 1 atom stereocenters. The lowest BCUT2D eigenvalue weighted by Crippen LogP contribution is -2.17. The monoisotopic (exact) mass is 230 g/mol. The summed E-state index contributed by atoms with van der Waals surface area (Å²) in [6.45, 7) is 5.78. The van der Waals surface area contributed by atoms with Gasteiger partial charge in [-0.15, -0.1) is 5.10 Å². The molecule has 1 heterocycles. The zero-order chi connectivity index (χ0) is 11.1. The molecule has 1 aromatic rings. The lowest BCUT2D eigenvalue weighted by molar-refractivity contribution is 0.429. The number of aromatic nitrogens is 2. The fraction of sp³-hybridized carbons (Fsp3) is 0.778. The van der Waals surface area contributed by atoms with Gasteiger partial charge >= 0.3 is 6.01 Å². The first-order chi connectivity index (χ1) is 7.27. The van der Waals surface area contributed by atoms with E-state index >= 15 is 0 Å². The van der Waals surface area contributed by atoms with Gasteiger partial charge in [-0.3, -0.25) is 0 Å². The van der Waals surface area contributed by atoms with E-state index < -0.39 is 0 Å².